The van der Waals surface area contributed by atoms with E-state index in [0.717, 1.165) is 0 Å². The Kier molecular flexibility index (Phi) is 3.97. The highest BCUT2D eigenvalue weighted by Gasteiger charge is 2.34. The van der Waals surface area contributed by atoms with Gasteiger partial charge in [-0.1, -0.05) is 20.8 Å². The van der Waals surface area contributed by atoms with Crippen molar-refractivity contribution >= 4 is 11.9 Å². The van der Waals surface area contributed by atoms with Crippen molar-refractivity contribution in [3.63, 3.8) is 0 Å². The number of nitrogens with one attached hydrogen (secondary N) is 1. The minimum atomic E-state index is -3.20. The molecule has 0 radical (unpaired) electrons. The minimum Gasteiger partial charge on any atom is -0.480 e. The summed E-state index contributed by atoms with van der Waals surface area (Å²) < 4.78 is 23.7. The summed E-state index contributed by atoms with van der Waals surface area (Å²) in [5, 5.41) is 10.4. The highest BCUT2D eigenvalue weighted by molar-refractivity contribution is 5.85. The molecule has 0 aromatic carbocycles. The first kappa shape index (κ1) is 12.8. The fraction of sp³-hybridized carbons (Fsp3) is 0.750. The largest absolute Gasteiger partial charge is 0.480 e. The van der Waals surface area contributed by atoms with E-state index in [1.807, 2.05) is 0 Å². The van der Waals surface area contributed by atoms with Gasteiger partial charge in [0.1, 0.15) is 6.04 Å². The smallest absolute Gasteiger partial charge is 0.326 e. The number of carboxylic acids is 1. The molecule has 0 aliphatic carbocycles. The Hall–Kier alpha value is -1.20. The van der Waals surface area contributed by atoms with Crippen LogP contribution in [0.5, 0.6) is 0 Å². The molecule has 0 saturated carbocycles. The van der Waals surface area contributed by atoms with Crippen molar-refractivity contribution in [2.75, 3.05) is 0 Å². The molecule has 82 valence electrons. The fourth-order valence-corrected chi connectivity index (χ4v) is 0.854. The average Bonchev–Trinajstić information content (AvgIpc) is 1.96. The van der Waals surface area contributed by atoms with Crippen molar-refractivity contribution in [2.24, 2.45) is 5.41 Å². The Morgan fingerprint density at radius 1 is 1.29 bits per heavy atom. The zero-order valence-electron chi connectivity index (χ0n) is 8.17. The van der Waals surface area contributed by atoms with E-state index in [1.165, 1.54) is 20.8 Å². The number of rotatable bonds is 3. The monoisotopic (exact) mass is 209 g/mol. The molecule has 4 nitrogen and oxygen atoms in total. The molecule has 0 spiro atoms. The van der Waals surface area contributed by atoms with Gasteiger partial charge in [-0.25, -0.2) is 4.79 Å². The molecule has 0 aromatic rings. The zero-order valence-corrected chi connectivity index (χ0v) is 8.17. The molecule has 14 heavy (non-hydrogen) atoms. The van der Waals surface area contributed by atoms with Crippen molar-refractivity contribution in [3.05, 3.63) is 0 Å². The van der Waals surface area contributed by atoms with Crippen LogP contribution in [0.2, 0.25) is 0 Å². The lowest BCUT2D eigenvalue weighted by molar-refractivity contribution is -0.147. The number of alkyl halides is 2. The summed E-state index contributed by atoms with van der Waals surface area (Å²) in [5.41, 5.74) is -0.809. The summed E-state index contributed by atoms with van der Waals surface area (Å²) in [6, 6.07) is -1.32. The van der Waals surface area contributed by atoms with Crippen LogP contribution in [-0.4, -0.2) is 29.5 Å². The predicted molar refractivity (Wildman–Crippen MR) is 45.0 cm³/mol. The van der Waals surface area contributed by atoms with Crippen molar-refractivity contribution < 1.29 is 23.5 Å². The molecule has 1 atom stereocenters. The molecule has 0 heterocycles. The number of halogens is 2. The maximum atomic E-state index is 11.8. The molecule has 0 aromatic heterocycles. The second-order valence-electron chi connectivity index (χ2n) is 3.95. The molecular formula is C8H13F2NO3. The van der Waals surface area contributed by atoms with Gasteiger partial charge in [-0.15, -0.1) is 0 Å². The lowest BCUT2D eigenvalue weighted by atomic mass is 9.87. The standard InChI is InChI=1S/C8H13F2NO3/c1-8(2,3)4(7(13)14)11-6(12)5(9)10/h4-5H,1-3H3,(H,11,12)(H,13,14)/t4-/m1/s1. The van der Waals surface area contributed by atoms with Gasteiger partial charge in [-0.2, -0.15) is 8.78 Å². The molecular weight excluding hydrogens is 196 g/mol. The molecule has 0 rings (SSSR count). The molecule has 0 fully saturated rings. The zero-order chi connectivity index (χ0) is 11.5. The number of carbonyl (C=O) groups excluding carboxylic acids is 1. The first-order chi connectivity index (χ1) is 6.16. The highest BCUT2D eigenvalue weighted by Crippen LogP contribution is 2.19. The van der Waals surface area contributed by atoms with Crippen LogP contribution in [0.15, 0.2) is 0 Å². The predicted octanol–water partition coefficient (Wildman–Crippen LogP) is 0.867. The molecule has 6 heteroatoms. The lowest BCUT2D eigenvalue weighted by Crippen LogP contribution is -2.50. The highest BCUT2D eigenvalue weighted by atomic mass is 19.3. The molecule has 0 aliphatic rings. The van der Waals surface area contributed by atoms with Gasteiger partial charge in [0.25, 0.3) is 5.91 Å². The van der Waals surface area contributed by atoms with E-state index < -0.39 is 29.8 Å². The van der Waals surface area contributed by atoms with Crippen molar-refractivity contribution in [3.8, 4) is 0 Å². The topological polar surface area (TPSA) is 66.4 Å². The van der Waals surface area contributed by atoms with E-state index in [1.54, 1.807) is 5.32 Å². The number of aliphatic carboxylic acids is 1. The summed E-state index contributed by atoms with van der Waals surface area (Å²) in [5.74, 6) is -2.89. The number of carboxylic acid groups (broad SMARTS) is 1. The maximum absolute atomic E-state index is 11.8. The van der Waals surface area contributed by atoms with E-state index in [2.05, 4.69) is 0 Å². The SMILES string of the molecule is CC(C)(C)[C@H](NC(=O)C(F)F)C(=O)O. The third-order valence-electron chi connectivity index (χ3n) is 1.60. The van der Waals surface area contributed by atoms with E-state index in [-0.39, 0.29) is 0 Å². The van der Waals surface area contributed by atoms with E-state index in [9.17, 15) is 18.4 Å². The van der Waals surface area contributed by atoms with E-state index >= 15 is 0 Å². The molecule has 2 N–H and O–H groups in total. The van der Waals surface area contributed by atoms with E-state index in [4.69, 9.17) is 5.11 Å². The Morgan fingerprint density at radius 3 is 1.93 bits per heavy atom. The van der Waals surface area contributed by atoms with Crippen LogP contribution < -0.4 is 5.32 Å². The summed E-state index contributed by atoms with van der Waals surface area (Å²) in [6.07, 6.45) is -3.20. The third kappa shape index (κ3) is 3.68. The van der Waals surface area contributed by atoms with Crippen LogP contribution in [0.25, 0.3) is 0 Å². The van der Waals surface area contributed by atoms with Gasteiger partial charge < -0.3 is 10.4 Å². The third-order valence-corrected chi connectivity index (χ3v) is 1.60. The summed E-state index contributed by atoms with van der Waals surface area (Å²) in [6.45, 7) is 4.62. The molecule has 1 amide bonds. The van der Waals surface area contributed by atoms with Gasteiger partial charge >= 0.3 is 12.4 Å². The van der Waals surface area contributed by atoms with Gasteiger partial charge in [-0.05, 0) is 5.41 Å². The van der Waals surface area contributed by atoms with Crippen LogP contribution in [0, 0.1) is 5.41 Å². The minimum absolute atomic E-state index is 0.809. The normalized spacial score (nSPS) is 13.9. The number of carbonyl (C=O) groups is 2. The summed E-state index contributed by atoms with van der Waals surface area (Å²) in [7, 11) is 0. The molecule has 0 saturated heterocycles. The van der Waals surface area contributed by atoms with Gasteiger partial charge in [0.15, 0.2) is 0 Å². The molecule has 0 bridgehead atoms. The van der Waals surface area contributed by atoms with Crippen molar-refractivity contribution in [1.82, 2.24) is 5.32 Å². The van der Waals surface area contributed by atoms with E-state index in [0.29, 0.717) is 0 Å². The fourth-order valence-electron chi connectivity index (χ4n) is 0.854. The number of hydrogen-bond donors (Lipinski definition) is 2. The quantitative estimate of drug-likeness (QED) is 0.724. The van der Waals surface area contributed by atoms with Crippen LogP contribution >= 0.6 is 0 Å². The van der Waals surface area contributed by atoms with Gasteiger partial charge in [0.05, 0.1) is 0 Å². The number of amides is 1. The first-order valence-corrected chi connectivity index (χ1v) is 3.97. The lowest BCUT2D eigenvalue weighted by Gasteiger charge is -2.27. The van der Waals surface area contributed by atoms with Gasteiger partial charge in [0, 0.05) is 0 Å². The van der Waals surface area contributed by atoms with Gasteiger partial charge in [0.2, 0.25) is 0 Å². The number of hydrogen-bond acceptors (Lipinski definition) is 2. The van der Waals surface area contributed by atoms with Crippen LogP contribution in [-0.2, 0) is 9.59 Å². The van der Waals surface area contributed by atoms with Crippen LogP contribution in [0.4, 0.5) is 8.78 Å². The Labute approximate surface area is 80.3 Å². The van der Waals surface area contributed by atoms with Crippen LogP contribution in [0.1, 0.15) is 20.8 Å². The second-order valence-corrected chi connectivity index (χ2v) is 3.95. The Bertz CT molecular complexity index is 235. The second kappa shape index (κ2) is 4.34. The van der Waals surface area contributed by atoms with Gasteiger partial charge in [-0.3, -0.25) is 4.79 Å². The summed E-state index contributed by atoms with van der Waals surface area (Å²) in [4.78, 5) is 21.2. The average molecular weight is 209 g/mol. The first-order valence-electron chi connectivity index (χ1n) is 3.97. The Morgan fingerprint density at radius 2 is 1.71 bits per heavy atom. The molecule has 0 unspecified atom stereocenters. The van der Waals surface area contributed by atoms with Crippen molar-refractivity contribution in [1.29, 1.82) is 0 Å². The summed E-state index contributed by atoms with van der Waals surface area (Å²) >= 11 is 0. The maximum Gasteiger partial charge on any atom is 0.326 e. The van der Waals surface area contributed by atoms with Crippen LogP contribution in [0.3, 0.4) is 0 Å². The Balaban J connectivity index is 4.56. The molecule has 0 aliphatic heterocycles. The van der Waals surface area contributed by atoms with Crippen molar-refractivity contribution in [2.45, 2.75) is 33.2 Å².